The first-order valence-corrected chi connectivity index (χ1v) is 9.35. The summed E-state index contributed by atoms with van der Waals surface area (Å²) in [4.78, 5) is 22.4. The molecule has 7 heteroatoms. The van der Waals surface area contributed by atoms with Gasteiger partial charge in [0.2, 0.25) is 0 Å². The van der Waals surface area contributed by atoms with Gasteiger partial charge in [-0.2, -0.15) is 0 Å². The highest BCUT2D eigenvalue weighted by Crippen LogP contribution is 2.31. The van der Waals surface area contributed by atoms with Gasteiger partial charge in [0.25, 0.3) is 0 Å². The van der Waals surface area contributed by atoms with Crippen LogP contribution in [0.25, 0.3) is 0 Å². The summed E-state index contributed by atoms with van der Waals surface area (Å²) in [6, 6.07) is 4.08. The summed E-state index contributed by atoms with van der Waals surface area (Å²) < 4.78 is 2.24. The maximum Gasteiger partial charge on any atom is 0.171 e. The van der Waals surface area contributed by atoms with Gasteiger partial charge in [0.15, 0.2) is 11.6 Å². The molecule has 0 aliphatic carbocycles. The van der Waals surface area contributed by atoms with Crippen molar-refractivity contribution in [2.45, 2.75) is 25.3 Å². The average Bonchev–Trinajstić information content (AvgIpc) is 3.17. The van der Waals surface area contributed by atoms with Gasteiger partial charge in [0, 0.05) is 70.3 Å². The molecule has 1 aliphatic rings. The van der Waals surface area contributed by atoms with Crippen LogP contribution in [0.1, 0.15) is 30.1 Å². The molecule has 140 valence electrons. The number of pyridine rings is 1. The number of anilines is 2. The van der Waals surface area contributed by atoms with Crippen LogP contribution in [0.2, 0.25) is 0 Å². The lowest BCUT2D eigenvalue weighted by atomic mass is 9.97. The lowest BCUT2D eigenvalue weighted by Gasteiger charge is -2.34. The zero-order chi connectivity index (χ0) is 18.6. The Morgan fingerprint density at radius 1 is 1.11 bits per heavy atom. The van der Waals surface area contributed by atoms with Crippen LogP contribution in [-0.2, 0) is 6.54 Å². The molecule has 7 nitrogen and oxygen atoms in total. The Bertz CT molecular complexity index is 875. The highest BCUT2D eigenvalue weighted by Gasteiger charge is 2.27. The van der Waals surface area contributed by atoms with Crippen LogP contribution in [0.3, 0.4) is 0 Å². The summed E-state index contributed by atoms with van der Waals surface area (Å²) in [5.74, 6) is 3.38. The smallest absolute Gasteiger partial charge is 0.171 e. The molecule has 0 aromatic carbocycles. The van der Waals surface area contributed by atoms with E-state index in [0.717, 1.165) is 49.9 Å². The van der Waals surface area contributed by atoms with E-state index in [9.17, 15) is 0 Å². The molecule has 3 aromatic rings. The number of aromatic nitrogens is 5. The fourth-order valence-electron chi connectivity index (χ4n) is 3.74. The summed E-state index contributed by atoms with van der Waals surface area (Å²) in [5.41, 5.74) is 1.19. The van der Waals surface area contributed by atoms with E-state index in [1.807, 2.05) is 37.5 Å². The summed E-state index contributed by atoms with van der Waals surface area (Å²) in [5, 5.41) is 0. The molecule has 1 fully saturated rings. The molecular weight excluding hydrogens is 338 g/mol. The molecule has 0 unspecified atom stereocenters. The average molecular weight is 363 g/mol. The second kappa shape index (κ2) is 7.73. The van der Waals surface area contributed by atoms with Gasteiger partial charge in [0.1, 0.15) is 5.82 Å². The van der Waals surface area contributed by atoms with Crippen molar-refractivity contribution in [2.75, 3.05) is 37.0 Å². The molecule has 0 amide bonds. The first-order valence-electron chi connectivity index (χ1n) is 9.35. The molecule has 1 aliphatic heterocycles. The van der Waals surface area contributed by atoms with Gasteiger partial charge in [-0.1, -0.05) is 6.07 Å². The molecule has 4 rings (SSSR count). The van der Waals surface area contributed by atoms with E-state index in [1.54, 1.807) is 18.6 Å². The molecule has 0 radical (unpaired) electrons. The number of hydrogen-bond donors (Lipinski definition) is 0. The molecule has 0 saturated carbocycles. The zero-order valence-corrected chi connectivity index (χ0v) is 15.9. The minimum absolute atomic E-state index is 0.377. The van der Waals surface area contributed by atoms with Crippen molar-refractivity contribution in [1.82, 2.24) is 24.5 Å². The summed E-state index contributed by atoms with van der Waals surface area (Å²) in [6.45, 7) is 2.71. The Morgan fingerprint density at radius 3 is 2.81 bits per heavy atom. The monoisotopic (exact) mass is 363 g/mol. The molecule has 1 saturated heterocycles. The van der Waals surface area contributed by atoms with E-state index in [1.165, 1.54) is 5.56 Å². The van der Waals surface area contributed by atoms with Gasteiger partial charge in [0.05, 0.1) is 6.54 Å². The minimum atomic E-state index is 0.377. The van der Waals surface area contributed by atoms with Crippen molar-refractivity contribution < 1.29 is 0 Å². The number of hydrogen-bond acceptors (Lipinski definition) is 6. The first kappa shape index (κ1) is 17.5. The molecule has 3 aromatic heterocycles. The fourth-order valence-corrected chi connectivity index (χ4v) is 3.74. The Morgan fingerprint density at radius 2 is 2.00 bits per heavy atom. The molecule has 4 heterocycles. The van der Waals surface area contributed by atoms with Crippen molar-refractivity contribution in [3.63, 3.8) is 0 Å². The molecule has 1 atom stereocenters. The summed E-state index contributed by atoms with van der Waals surface area (Å²) in [7, 11) is 4.02. The molecule has 0 N–H and O–H groups in total. The lowest BCUT2D eigenvalue weighted by molar-refractivity contribution is 0.474. The standard InChI is InChI=1S/C20H25N7/c1-25(2)19-20(23-9-8-22-19)26-11-4-6-17(15-26)18-24-10-12-27(18)14-16-5-3-7-21-13-16/h3,5,7-10,12-13,17H,4,6,11,14-15H2,1-2H3/t17-/m0/s1. The Hall–Kier alpha value is -2.96. The van der Waals surface area contributed by atoms with Gasteiger partial charge < -0.3 is 14.4 Å². The van der Waals surface area contributed by atoms with Crippen LogP contribution < -0.4 is 9.80 Å². The van der Waals surface area contributed by atoms with E-state index < -0.39 is 0 Å². The third kappa shape index (κ3) is 3.77. The van der Waals surface area contributed by atoms with Crippen LogP contribution in [0.4, 0.5) is 11.6 Å². The number of rotatable bonds is 5. The van der Waals surface area contributed by atoms with Crippen LogP contribution >= 0.6 is 0 Å². The van der Waals surface area contributed by atoms with Crippen LogP contribution in [-0.4, -0.2) is 51.7 Å². The van der Waals surface area contributed by atoms with Crippen molar-refractivity contribution in [3.8, 4) is 0 Å². The summed E-state index contributed by atoms with van der Waals surface area (Å²) >= 11 is 0. The van der Waals surface area contributed by atoms with Gasteiger partial charge >= 0.3 is 0 Å². The topological polar surface area (TPSA) is 63.0 Å². The first-order chi connectivity index (χ1) is 13.2. The Labute approximate surface area is 159 Å². The third-order valence-corrected chi connectivity index (χ3v) is 4.99. The molecule has 0 bridgehead atoms. The Kier molecular flexibility index (Phi) is 5.00. The van der Waals surface area contributed by atoms with E-state index in [-0.39, 0.29) is 0 Å². The minimum Gasteiger partial charge on any atom is -0.360 e. The Balaban J connectivity index is 1.56. The van der Waals surface area contributed by atoms with Crippen LogP contribution in [0.15, 0.2) is 49.3 Å². The summed E-state index contributed by atoms with van der Waals surface area (Å²) in [6.07, 6.45) is 13.5. The van der Waals surface area contributed by atoms with Gasteiger partial charge in [-0.3, -0.25) is 4.98 Å². The van der Waals surface area contributed by atoms with Crippen molar-refractivity contribution in [3.05, 3.63) is 60.7 Å². The SMILES string of the molecule is CN(C)c1nccnc1N1CCC[C@H](c2nccn2Cc2cccnc2)C1. The van der Waals surface area contributed by atoms with Crippen molar-refractivity contribution >= 4 is 11.6 Å². The zero-order valence-electron chi connectivity index (χ0n) is 15.9. The highest BCUT2D eigenvalue weighted by atomic mass is 15.3. The lowest BCUT2D eigenvalue weighted by Crippen LogP contribution is -2.37. The largest absolute Gasteiger partial charge is 0.360 e. The molecule has 27 heavy (non-hydrogen) atoms. The van der Waals surface area contributed by atoms with E-state index in [2.05, 4.69) is 36.7 Å². The number of piperidine rings is 1. The van der Waals surface area contributed by atoms with Crippen LogP contribution in [0.5, 0.6) is 0 Å². The predicted octanol–water partition coefficient (Wildman–Crippen LogP) is 2.57. The fraction of sp³-hybridized carbons (Fsp3) is 0.400. The molecule has 0 spiro atoms. The van der Waals surface area contributed by atoms with E-state index in [0.29, 0.717) is 5.92 Å². The third-order valence-electron chi connectivity index (χ3n) is 4.99. The van der Waals surface area contributed by atoms with Crippen LogP contribution in [0, 0.1) is 0 Å². The normalized spacial score (nSPS) is 17.1. The van der Waals surface area contributed by atoms with Crippen molar-refractivity contribution in [1.29, 1.82) is 0 Å². The van der Waals surface area contributed by atoms with Gasteiger partial charge in [-0.15, -0.1) is 0 Å². The van der Waals surface area contributed by atoms with Crippen molar-refractivity contribution in [2.24, 2.45) is 0 Å². The van der Waals surface area contributed by atoms with Gasteiger partial charge in [-0.25, -0.2) is 15.0 Å². The number of nitrogens with zero attached hydrogens (tertiary/aromatic N) is 7. The second-order valence-electron chi connectivity index (χ2n) is 7.16. The maximum atomic E-state index is 4.69. The maximum absolute atomic E-state index is 4.69. The predicted molar refractivity (Wildman–Crippen MR) is 106 cm³/mol. The second-order valence-corrected chi connectivity index (χ2v) is 7.16. The highest BCUT2D eigenvalue weighted by molar-refractivity contribution is 5.61. The van der Waals surface area contributed by atoms with Gasteiger partial charge in [-0.05, 0) is 24.5 Å². The molecular formula is C20H25N7. The van der Waals surface area contributed by atoms with E-state index >= 15 is 0 Å². The number of imidazole rings is 1. The van der Waals surface area contributed by atoms with E-state index in [4.69, 9.17) is 4.98 Å². The quantitative estimate of drug-likeness (QED) is 0.694.